The number of nitrogens with one attached hydrogen (secondary N) is 2. The smallest absolute Gasteiger partial charge is 0.221 e. The first kappa shape index (κ1) is 19.3. The van der Waals surface area contributed by atoms with E-state index in [2.05, 4.69) is 38.5 Å². The van der Waals surface area contributed by atoms with E-state index in [-0.39, 0.29) is 11.9 Å². The van der Waals surface area contributed by atoms with Gasteiger partial charge in [-0.25, -0.2) is 4.98 Å². The first-order valence-electron chi connectivity index (χ1n) is 10.2. The predicted molar refractivity (Wildman–Crippen MR) is 118 cm³/mol. The Morgan fingerprint density at radius 2 is 2.10 bits per heavy atom. The van der Waals surface area contributed by atoms with Gasteiger partial charge in [-0.05, 0) is 36.2 Å². The van der Waals surface area contributed by atoms with Crippen molar-refractivity contribution in [3.05, 3.63) is 48.8 Å². The van der Waals surface area contributed by atoms with Crippen molar-refractivity contribution in [2.45, 2.75) is 19.9 Å². The second kappa shape index (κ2) is 7.84. The van der Waals surface area contributed by atoms with Crippen LogP contribution in [0.25, 0.3) is 28.0 Å². The number of H-pyrrole nitrogens is 1. The molecule has 1 aliphatic rings. The summed E-state index contributed by atoms with van der Waals surface area (Å²) in [6.45, 7) is 5.75. The summed E-state index contributed by atoms with van der Waals surface area (Å²) in [5, 5.41) is 15.3. The van der Waals surface area contributed by atoms with Gasteiger partial charge in [-0.1, -0.05) is 12.1 Å². The molecule has 9 heteroatoms. The molecule has 0 saturated carbocycles. The minimum absolute atomic E-state index is 0.0940. The van der Waals surface area contributed by atoms with Crippen molar-refractivity contribution in [2.24, 2.45) is 0 Å². The number of fused-ring (bicyclic) bond motifs is 1. The van der Waals surface area contributed by atoms with Gasteiger partial charge in [-0.2, -0.15) is 14.9 Å². The predicted octanol–water partition coefficient (Wildman–Crippen LogP) is 2.99. The molecule has 1 atom stereocenters. The van der Waals surface area contributed by atoms with Gasteiger partial charge in [0.1, 0.15) is 5.82 Å². The maximum Gasteiger partial charge on any atom is 0.221 e. The highest BCUT2D eigenvalue weighted by atomic mass is 16.5. The molecule has 5 rings (SSSR count). The van der Waals surface area contributed by atoms with Crippen LogP contribution in [0.2, 0.25) is 0 Å². The highest BCUT2D eigenvalue weighted by Gasteiger charge is 2.23. The lowest BCUT2D eigenvalue weighted by molar-refractivity contribution is -0.114. The number of amides is 1. The Morgan fingerprint density at radius 1 is 1.26 bits per heavy atom. The SMILES string of the molecule is CC(=O)Nc1ccc(-c2cc(N3CCOC[C@H]3C)nc3c2cnn3-c2ccn[nH]2)cc1. The minimum Gasteiger partial charge on any atom is -0.377 e. The fourth-order valence-corrected chi connectivity index (χ4v) is 3.92. The van der Waals surface area contributed by atoms with Gasteiger partial charge in [-0.3, -0.25) is 9.89 Å². The van der Waals surface area contributed by atoms with Crippen LogP contribution in [0.1, 0.15) is 13.8 Å². The summed E-state index contributed by atoms with van der Waals surface area (Å²) in [6, 6.07) is 12.0. The van der Waals surface area contributed by atoms with Crippen LogP contribution in [0.15, 0.2) is 48.8 Å². The zero-order valence-electron chi connectivity index (χ0n) is 17.4. The van der Waals surface area contributed by atoms with E-state index in [9.17, 15) is 4.79 Å². The molecule has 0 spiro atoms. The van der Waals surface area contributed by atoms with E-state index >= 15 is 0 Å². The van der Waals surface area contributed by atoms with Gasteiger partial charge < -0.3 is 15.0 Å². The second-order valence-electron chi connectivity index (χ2n) is 7.64. The molecule has 1 aliphatic heterocycles. The van der Waals surface area contributed by atoms with Gasteiger partial charge in [0.2, 0.25) is 5.91 Å². The van der Waals surface area contributed by atoms with Gasteiger partial charge in [0, 0.05) is 30.6 Å². The molecular formula is C22H23N7O2. The number of rotatable bonds is 4. The Hall–Kier alpha value is -3.72. The van der Waals surface area contributed by atoms with Crippen molar-refractivity contribution in [3.8, 4) is 16.9 Å². The van der Waals surface area contributed by atoms with Crippen LogP contribution in [0, 0.1) is 0 Å². The van der Waals surface area contributed by atoms with E-state index in [0.29, 0.717) is 13.2 Å². The van der Waals surface area contributed by atoms with Gasteiger partial charge in [0.25, 0.3) is 0 Å². The monoisotopic (exact) mass is 417 g/mol. The van der Waals surface area contributed by atoms with Gasteiger partial charge >= 0.3 is 0 Å². The maximum atomic E-state index is 11.4. The van der Waals surface area contributed by atoms with Crippen LogP contribution in [-0.4, -0.2) is 56.7 Å². The van der Waals surface area contributed by atoms with E-state index in [4.69, 9.17) is 9.72 Å². The number of anilines is 2. The first-order valence-corrected chi connectivity index (χ1v) is 10.2. The van der Waals surface area contributed by atoms with Crippen LogP contribution >= 0.6 is 0 Å². The first-order chi connectivity index (χ1) is 15.1. The second-order valence-corrected chi connectivity index (χ2v) is 7.64. The number of morpholine rings is 1. The Kier molecular flexibility index (Phi) is 4.87. The highest BCUT2D eigenvalue weighted by Crippen LogP contribution is 2.33. The summed E-state index contributed by atoms with van der Waals surface area (Å²) >= 11 is 0. The Bertz CT molecular complexity index is 1210. The number of aromatic nitrogens is 5. The number of carbonyl (C=O) groups excluding carboxylic acids is 1. The van der Waals surface area contributed by atoms with E-state index in [1.807, 2.05) is 36.5 Å². The third kappa shape index (κ3) is 3.64. The molecule has 4 aromatic rings. The summed E-state index contributed by atoms with van der Waals surface area (Å²) < 4.78 is 7.38. The number of pyridine rings is 1. The van der Waals surface area contributed by atoms with E-state index < -0.39 is 0 Å². The van der Waals surface area contributed by atoms with Crippen molar-refractivity contribution < 1.29 is 9.53 Å². The van der Waals surface area contributed by atoms with Crippen molar-refractivity contribution in [1.29, 1.82) is 0 Å². The molecule has 9 nitrogen and oxygen atoms in total. The lowest BCUT2D eigenvalue weighted by Crippen LogP contribution is -2.44. The van der Waals surface area contributed by atoms with Gasteiger partial charge in [-0.15, -0.1) is 0 Å². The quantitative estimate of drug-likeness (QED) is 0.529. The average molecular weight is 417 g/mol. The van der Waals surface area contributed by atoms with Crippen molar-refractivity contribution in [3.63, 3.8) is 0 Å². The molecule has 4 heterocycles. The zero-order chi connectivity index (χ0) is 21.4. The maximum absolute atomic E-state index is 11.4. The Balaban J connectivity index is 1.66. The van der Waals surface area contributed by atoms with Crippen LogP contribution in [0.3, 0.4) is 0 Å². The average Bonchev–Trinajstić information content (AvgIpc) is 3.43. The van der Waals surface area contributed by atoms with Crippen molar-refractivity contribution in [1.82, 2.24) is 25.0 Å². The van der Waals surface area contributed by atoms with Crippen molar-refractivity contribution >= 4 is 28.4 Å². The van der Waals surface area contributed by atoms with Crippen LogP contribution in [0.4, 0.5) is 11.5 Å². The molecular weight excluding hydrogens is 394 g/mol. The van der Waals surface area contributed by atoms with E-state index in [0.717, 1.165) is 46.0 Å². The molecule has 1 aromatic carbocycles. The number of hydrogen-bond acceptors (Lipinski definition) is 6. The largest absolute Gasteiger partial charge is 0.377 e. The summed E-state index contributed by atoms with van der Waals surface area (Å²) in [6.07, 6.45) is 3.52. The van der Waals surface area contributed by atoms with Crippen LogP contribution in [0.5, 0.6) is 0 Å². The van der Waals surface area contributed by atoms with Crippen LogP contribution < -0.4 is 10.2 Å². The van der Waals surface area contributed by atoms with Crippen LogP contribution in [-0.2, 0) is 9.53 Å². The summed E-state index contributed by atoms with van der Waals surface area (Å²) in [5.41, 5.74) is 3.56. The molecule has 0 aliphatic carbocycles. The molecule has 0 bridgehead atoms. The molecule has 31 heavy (non-hydrogen) atoms. The fraction of sp³-hybridized carbons (Fsp3) is 0.273. The van der Waals surface area contributed by atoms with Gasteiger partial charge in [0.15, 0.2) is 11.5 Å². The number of hydrogen-bond donors (Lipinski definition) is 2. The number of carbonyl (C=O) groups is 1. The molecule has 1 amide bonds. The normalized spacial score (nSPS) is 16.6. The molecule has 1 saturated heterocycles. The molecule has 3 aromatic heterocycles. The summed E-state index contributed by atoms with van der Waals surface area (Å²) in [5.74, 6) is 1.54. The number of nitrogens with zero attached hydrogens (tertiary/aromatic N) is 5. The fourth-order valence-electron chi connectivity index (χ4n) is 3.92. The standard InChI is InChI=1S/C22H23N7O2/c1-14-13-31-10-9-28(14)21-11-18(16-3-5-17(6-4-16)25-15(2)30)19-12-24-29(22(19)26-21)20-7-8-23-27-20/h3-8,11-12,14H,9-10,13H2,1-2H3,(H,23,27)(H,25,30)/t14-/m1/s1. The molecule has 0 unspecified atom stereocenters. The van der Waals surface area contributed by atoms with E-state index in [1.54, 1.807) is 10.9 Å². The number of aromatic amines is 1. The Morgan fingerprint density at radius 3 is 2.81 bits per heavy atom. The summed E-state index contributed by atoms with van der Waals surface area (Å²) in [7, 11) is 0. The highest BCUT2D eigenvalue weighted by molar-refractivity contribution is 5.95. The lowest BCUT2D eigenvalue weighted by Gasteiger charge is -2.34. The molecule has 2 N–H and O–H groups in total. The lowest BCUT2D eigenvalue weighted by atomic mass is 10.0. The topological polar surface area (TPSA) is 101 Å². The zero-order valence-corrected chi connectivity index (χ0v) is 17.4. The third-order valence-corrected chi connectivity index (χ3v) is 5.42. The Labute approximate surface area is 179 Å². The summed E-state index contributed by atoms with van der Waals surface area (Å²) in [4.78, 5) is 18.6. The third-order valence-electron chi connectivity index (χ3n) is 5.42. The van der Waals surface area contributed by atoms with E-state index in [1.165, 1.54) is 6.92 Å². The minimum atomic E-state index is -0.0940. The number of ether oxygens (including phenoxy) is 1. The van der Waals surface area contributed by atoms with Crippen molar-refractivity contribution in [2.75, 3.05) is 30.0 Å². The molecule has 0 radical (unpaired) electrons. The molecule has 1 fully saturated rings. The van der Waals surface area contributed by atoms with Gasteiger partial charge in [0.05, 0.1) is 31.6 Å². The number of benzene rings is 1. The molecule has 158 valence electrons.